The van der Waals surface area contributed by atoms with E-state index in [1.807, 2.05) is 0 Å². The highest BCUT2D eigenvalue weighted by atomic mass is 15.0. The summed E-state index contributed by atoms with van der Waals surface area (Å²) in [5.74, 6) is 0. The molecule has 310 valence electrons. The molecule has 11 aromatic carbocycles. The van der Waals surface area contributed by atoms with Crippen LogP contribution >= 0.6 is 0 Å². The molecule has 2 nitrogen and oxygen atoms in total. The maximum absolute atomic E-state index is 2.41. The monoisotopic (exact) mass is 840 g/mol. The summed E-state index contributed by atoms with van der Waals surface area (Å²) in [6.45, 7) is 4.48. The Morgan fingerprint density at radius 1 is 0.227 bits per heavy atom. The van der Waals surface area contributed by atoms with E-state index in [1.54, 1.807) is 0 Å². The first-order chi connectivity index (χ1) is 32.6. The quantitative estimate of drug-likeness (QED) is 0.148. The van der Waals surface area contributed by atoms with E-state index < -0.39 is 0 Å². The Labute approximate surface area is 383 Å². The Morgan fingerprint density at radius 3 is 0.955 bits per heavy atom. The van der Waals surface area contributed by atoms with Gasteiger partial charge in [0.1, 0.15) is 0 Å². The van der Waals surface area contributed by atoms with Crippen LogP contribution in [0.1, 0.15) is 11.1 Å². The first kappa shape index (κ1) is 38.0. The topological polar surface area (TPSA) is 9.86 Å². The zero-order valence-electron chi connectivity index (χ0n) is 36.8. The Balaban J connectivity index is 0.908. The summed E-state index contributed by atoms with van der Waals surface area (Å²) in [5, 5.41) is 10.1. The molecule has 0 radical (unpaired) electrons. The number of aryl methyl sites for hydroxylation is 2. The molecule has 2 heterocycles. The molecule has 0 saturated heterocycles. The summed E-state index contributed by atoms with van der Waals surface area (Å²) >= 11 is 0. The summed E-state index contributed by atoms with van der Waals surface area (Å²) in [6, 6.07) is 85.0. The van der Waals surface area contributed by atoms with Gasteiger partial charge in [-0.25, -0.2) is 0 Å². The number of rotatable bonds is 6. The van der Waals surface area contributed by atoms with Crippen LogP contribution in [0.2, 0.25) is 0 Å². The van der Waals surface area contributed by atoms with Crippen LogP contribution in [0.25, 0.3) is 121 Å². The molecule has 2 heteroatoms. The fourth-order valence-electron chi connectivity index (χ4n) is 10.7. The number of para-hydroxylation sites is 4. The van der Waals surface area contributed by atoms with Crippen LogP contribution in [0.4, 0.5) is 0 Å². The van der Waals surface area contributed by atoms with Gasteiger partial charge in [-0.3, -0.25) is 0 Å². The molecule has 0 amide bonds. The van der Waals surface area contributed by atoms with Crippen molar-refractivity contribution in [2.75, 3.05) is 0 Å². The molecule has 0 unspecified atom stereocenters. The molecule has 0 aliphatic carbocycles. The van der Waals surface area contributed by atoms with E-state index in [1.165, 1.54) is 132 Å². The standard InChI is InChI=1S/C64H44N2/c1-41-37-57-58(38-42(41)2)64(46-31-27-44(28-32-46)48-34-36-62-56(40-48)52-20-12-14-24-60(52)66(62)50-17-7-4-8-18-50)54-22-10-9-21-53(54)63(57)45-29-25-43(26-30-45)47-33-35-61-55(39-47)51-19-11-13-23-59(51)65(61)49-15-5-3-6-16-49/h3-40H,1-2H3. The van der Waals surface area contributed by atoms with Gasteiger partial charge in [0.2, 0.25) is 0 Å². The van der Waals surface area contributed by atoms with E-state index >= 15 is 0 Å². The average molecular weight is 841 g/mol. The van der Waals surface area contributed by atoms with Crippen LogP contribution in [0.5, 0.6) is 0 Å². The van der Waals surface area contributed by atoms with Gasteiger partial charge in [-0.2, -0.15) is 0 Å². The van der Waals surface area contributed by atoms with Crippen molar-refractivity contribution < 1.29 is 0 Å². The molecule has 0 aliphatic heterocycles. The third-order valence-electron chi connectivity index (χ3n) is 14.0. The van der Waals surface area contributed by atoms with Crippen molar-refractivity contribution in [1.29, 1.82) is 0 Å². The minimum absolute atomic E-state index is 1.17. The molecule has 13 rings (SSSR count). The second kappa shape index (κ2) is 15.1. The fourth-order valence-corrected chi connectivity index (χ4v) is 10.7. The van der Waals surface area contributed by atoms with Crippen molar-refractivity contribution in [3.63, 3.8) is 0 Å². The van der Waals surface area contributed by atoms with E-state index in [0.29, 0.717) is 0 Å². The fraction of sp³-hybridized carbons (Fsp3) is 0.0312. The number of benzene rings is 11. The lowest BCUT2D eigenvalue weighted by atomic mass is 9.84. The summed E-state index contributed by atoms with van der Waals surface area (Å²) < 4.78 is 4.75. The molecule has 0 N–H and O–H groups in total. The largest absolute Gasteiger partial charge is 0.309 e. The van der Waals surface area contributed by atoms with Crippen molar-refractivity contribution in [3.8, 4) is 55.9 Å². The van der Waals surface area contributed by atoms with Gasteiger partial charge in [0.05, 0.1) is 22.1 Å². The van der Waals surface area contributed by atoms with Crippen molar-refractivity contribution in [2.24, 2.45) is 0 Å². The van der Waals surface area contributed by atoms with Gasteiger partial charge in [-0.05, 0) is 152 Å². The van der Waals surface area contributed by atoms with Gasteiger partial charge in [-0.1, -0.05) is 170 Å². The molecule has 0 fully saturated rings. The molecular weight excluding hydrogens is 797 g/mol. The number of hydrogen-bond acceptors (Lipinski definition) is 0. The Bertz CT molecular complexity index is 3760. The summed E-state index contributed by atoms with van der Waals surface area (Å²) in [7, 11) is 0. The van der Waals surface area contributed by atoms with Gasteiger partial charge >= 0.3 is 0 Å². The smallest absolute Gasteiger partial charge is 0.0541 e. The zero-order chi connectivity index (χ0) is 43.9. The van der Waals surface area contributed by atoms with Crippen LogP contribution in [-0.2, 0) is 0 Å². The van der Waals surface area contributed by atoms with Crippen molar-refractivity contribution in [1.82, 2.24) is 9.13 Å². The van der Waals surface area contributed by atoms with Gasteiger partial charge < -0.3 is 9.13 Å². The van der Waals surface area contributed by atoms with Crippen molar-refractivity contribution in [2.45, 2.75) is 13.8 Å². The van der Waals surface area contributed by atoms with E-state index in [-0.39, 0.29) is 0 Å². The predicted octanol–water partition coefficient (Wildman–Crippen LogP) is 17.5. The molecule has 2 aromatic heterocycles. The highest BCUT2D eigenvalue weighted by molar-refractivity contribution is 6.22. The summed E-state index contributed by atoms with van der Waals surface area (Å²) in [6.07, 6.45) is 0. The number of aromatic nitrogens is 2. The summed E-state index contributed by atoms with van der Waals surface area (Å²) in [4.78, 5) is 0. The molecule has 66 heavy (non-hydrogen) atoms. The minimum Gasteiger partial charge on any atom is -0.309 e. The number of nitrogens with zero attached hydrogens (tertiary/aromatic N) is 2. The predicted molar refractivity (Wildman–Crippen MR) is 281 cm³/mol. The Kier molecular flexibility index (Phi) is 8.69. The maximum Gasteiger partial charge on any atom is 0.0541 e. The normalized spacial score (nSPS) is 11.8. The Morgan fingerprint density at radius 2 is 0.545 bits per heavy atom. The zero-order valence-corrected chi connectivity index (χ0v) is 36.8. The number of hydrogen-bond donors (Lipinski definition) is 0. The third kappa shape index (κ3) is 5.96. The van der Waals surface area contributed by atoms with Crippen LogP contribution in [0, 0.1) is 13.8 Å². The highest BCUT2D eigenvalue weighted by Gasteiger charge is 2.20. The molecule has 0 spiro atoms. The lowest BCUT2D eigenvalue weighted by Crippen LogP contribution is -1.93. The van der Waals surface area contributed by atoms with Crippen molar-refractivity contribution in [3.05, 3.63) is 242 Å². The Hall–Kier alpha value is -8.46. The molecular formula is C64H44N2. The molecule has 13 aromatic rings. The second-order valence-corrected chi connectivity index (χ2v) is 17.8. The molecule has 0 bridgehead atoms. The minimum atomic E-state index is 1.17. The van der Waals surface area contributed by atoms with Crippen LogP contribution < -0.4 is 0 Å². The van der Waals surface area contributed by atoms with E-state index in [9.17, 15) is 0 Å². The first-order valence-electron chi connectivity index (χ1n) is 22.9. The second-order valence-electron chi connectivity index (χ2n) is 17.8. The maximum atomic E-state index is 2.41. The van der Waals surface area contributed by atoms with E-state index in [2.05, 4.69) is 254 Å². The van der Waals surface area contributed by atoms with Gasteiger partial charge in [-0.15, -0.1) is 0 Å². The lowest BCUT2D eigenvalue weighted by Gasteiger charge is -2.19. The van der Waals surface area contributed by atoms with Gasteiger partial charge in [0.15, 0.2) is 0 Å². The number of fused-ring (bicyclic) bond motifs is 8. The lowest BCUT2D eigenvalue weighted by molar-refractivity contribution is 1.18. The van der Waals surface area contributed by atoms with Crippen LogP contribution in [0.15, 0.2) is 231 Å². The van der Waals surface area contributed by atoms with Crippen LogP contribution in [-0.4, -0.2) is 9.13 Å². The molecule has 0 aliphatic rings. The van der Waals surface area contributed by atoms with Crippen molar-refractivity contribution >= 4 is 65.2 Å². The molecule has 0 saturated carbocycles. The van der Waals surface area contributed by atoms with E-state index in [4.69, 9.17) is 0 Å². The highest BCUT2D eigenvalue weighted by Crippen LogP contribution is 2.46. The van der Waals surface area contributed by atoms with E-state index in [0.717, 1.165) is 0 Å². The SMILES string of the molecule is Cc1cc2c(-c3ccc(-c4ccc5c(c4)c4ccccc4n5-c4ccccc4)cc3)c3ccccc3c(-c3ccc(-c4ccc5c(c4)c4ccccc4n5-c4ccccc4)cc3)c2cc1C. The van der Waals surface area contributed by atoms with Gasteiger partial charge in [0, 0.05) is 32.9 Å². The van der Waals surface area contributed by atoms with Gasteiger partial charge in [0.25, 0.3) is 0 Å². The third-order valence-corrected chi connectivity index (χ3v) is 14.0. The molecule has 0 atom stereocenters. The average Bonchev–Trinajstić information content (AvgIpc) is 3.89. The van der Waals surface area contributed by atoms with Crippen LogP contribution in [0.3, 0.4) is 0 Å². The summed E-state index contributed by atoms with van der Waals surface area (Å²) in [5.41, 5.74) is 19.6. The first-order valence-corrected chi connectivity index (χ1v) is 22.9.